The third kappa shape index (κ3) is 3.09. The van der Waals surface area contributed by atoms with Crippen LogP contribution >= 0.6 is 11.3 Å². The molecule has 1 aromatic carbocycles. The van der Waals surface area contributed by atoms with Crippen molar-refractivity contribution in [2.75, 3.05) is 26.2 Å². The Morgan fingerprint density at radius 1 is 1.21 bits per heavy atom. The van der Waals surface area contributed by atoms with Gasteiger partial charge in [0.2, 0.25) is 0 Å². The lowest BCUT2D eigenvalue weighted by molar-refractivity contribution is -0.384. The third-order valence-electron chi connectivity index (χ3n) is 5.25. The Morgan fingerprint density at radius 2 is 2.04 bits per heavy atom. The zero-order valence-corrected chi connectivity index (χ0v) is 14.3. The SMILES string of the molecule is O=[N+]([O-])c1ccc(-c2ccc(CN3CCC4(CCNC4)C3)s2)cc1. The molecule has 2 aliphatic heterocycles. The molecule has 5 nitrogen and oxygen atoms in total. The molecule has 0 amide bonds. The molecule has 0 saturated carbocycles. The summed E-state index contributed by atoms with van der Waals surface area (Å²) < 4.78 is 0. The van der Waals surface area contributed by atoms with Crippen molar-refractivity contribution in [1.82, 2.24) is 10.2 Å². The monoisotopic (exact) mass is 343 g/mol. The Labute approximate surface area is 145 Å². The average Bonchev–Trinajstić information content (AvgIpc) is 3.31. The molecular formula is C18H21N3O2S. The number of nitro benzene ring substituents is 1. The molecule has 2 saturated heterocycles. The second kappa shape index (κ2) is 6.27. The van der Waals surface area contributed by atoms with Gasteiger partial charge in [0.05, 0.1) is 4.92 Å². The van der Waals surface area contributed by atoms with Crippen LogP contribution in [0.3, 0.4) is 0 Å². The lowest BCUT2D eigenvalue weighted by Crippen LogP contribution is -2.28. The maximum absolute atomic E-state index is 10.8. The van der Waals surface area contributed by atoms with E-state index in [1.165, 1.54) is 42.2 Å². The topological polar surface area (TPSA) is 58.4 Å². The minimum absolute atomic E-state index is 0.142. The van der Waals surface area contributed by atoms with Gasteiger partial charge in [-0.15, -0.1) is 11.3 Å². The molecule has 0 bridgehead atoms. The lowest BCUT2D eigenvalue weighted by atomic mass is 9.87. The highest BCUT2D eigenvalue weighted by Crippen LogP contribution is 2.37. The molecule has 2 fully saturated rings. The van der Waals surface area contributed by atoms with E-state index in [4.69, 9.17) is 0 Å². The van der Waals surface area contributed by atoms with Crippen LogP contribution in [-0.4, -0.2) is 36.0 Å². The zero-order valence-electron chi connectivity index (χ0n) is 13.5. The van der Waals surface area contributed by atoms with E-state index in [1.54, 1.807) is 23.5 Å². The van der Waals surface area contributed by atoms with Gasteiger partial charge in [-0.3, -0.25) is 15.0 Å². The Kier molecular flexibility index (Phi) is 4.12. The van der Waals surface area contributed by atoms with Crippen molar-refractivity contribution in [3.8, 4) is 10.4 Å². The van der Waals surface area contributed by atoms with E-state index in [2.05, 4.69) is 22.3 Å². The second-order valence-electron chi connectivity index (χ2n) is 6.96. The van der Waals surface area contributed by atoms with Gasteiger partial charge in [0.1, 0.15) is 0 Å². The molecule has 126 valence electrons. The lowest BCUT2D eigenvalue weighted by Gasteiger charge is -2.22. The number of rotatable bonds is 4. The molecule has 1 unspecified atom stereocenters. The molecule has 1 N–H and O–H groups in total. The normalized spacial score (nSPS) is 24.0. The highest BCUT2D eigenvalue weighted by Gasteiger charge is 2.40. The summed E-state index contributed by atoms with van der Waals surface area (Å²) >= 11 is 1.79. The summed E-state index contributed by atoms with van der Waals surface area (Å²) in [5.74, 6) is 0. The van der Waals surface area contributed by atoms with E-state index >= 15 is 0 Å². The van der Waals surface area contributed by atoms with Crippen LogP contribution in [0.5, 0.6) is 0 Å². The fourth-order valence-electron chi connectivity index (χ4n) is 3.89. The number of thiophene rings is 1. The standard InChI is InChI=1S/C18H21N3O2S/c22-21(23)15-3-1-14(2-4-15)17-6-5-16(24-17)11-20-10-8-18(13-20)7-9-19-12-18/h1-6,19H,7-13H2. The molecule has 0 radical (unpaired) electrons. The minimum Gasteiger partial charge on any atom is -0.316 e. The summed E-state index contributed by atoms with van der Waals surface area (Å²) in [6.07, 6.45) is 2.61. The molecule has 1 aromatic heterocycles. The van der Waals surface area contributed by atoms with Crippen molar-refractivity contribution < 1.29 is 4.92 Å². The number of nitrogens with one attached hydrogen (secondary N) is 1. The molecule has 2 aliphatic rings. The van der Waals surface area contributed by atoms with E-state index in [0.29, 0.717) is 5.41 Å². The second-order valence-corrected chi connectivity index (χ2v) is 8.13. The van der Waals surface area contributed by atoms with Gasteiger partial charge in [0.25, 0.3) is 5.69 Å². The van der Waals surface area contributed by atoms with E-state index < -0.39 is 0 Å². The maximum atomic E-state index is 10.8. The first kappa shape index (κ1) is 15.7. The van der Waals surface area contributed by atoms with E-state index in [9.17, 15) is 10.1 Å². The highest BCUT2D eigenvalue weighted by molar-refractivity contribution is 7.15. The molecule has 1 atom stereocenters. The van der Waals surface area contributed by atoms with Crippen LogP contribution in [-0.2, 0) is 6.54 Å². The molecule has 2 aromatic rings. The van der Waals surface area contributed by atoms with Crippen molar-refractivity contribution >= 4 is 17.0 Å². The van der Waals surface area contributed by atoms with Crippen LogP contribution < -0.4 is 5.32 Å². The van der Waals surface area contributed by atoms with Gasteiger partial charge in [-0.1, -0.05) is 0 Å². The Morgan fingerprint density at radius 3 is 2.75 bits per heavy atom. The van der Waals surface area contributed by atoms with Gasteiger partial charge in [-0.25, -0.2) is 0 Å². The molecule has 6 heteroatoms. The smallest absolute Gasteiger partial charge is 0.269 e. The number of non-ortho nitro benzene ring substituents is 1. The van der Waals surface area contributed by atoms with Crippen LogP contribution in [0.1, 0.15) is 17.7 Å². The Bertz CT molecular complexity index is 735. The fourth-order valence-corrected chi connectivity index (χ4v) is 4.95. The predicted molar refractivity (Wildman–Crippen MR) is 96.2 cm³/mol. The van der Waals surface area contributed by atoms with Gasteiger partial charge in [0, 0.05) is 41.5 Å². The maximum Gasteiger partial charge on any atom is 0.269 e. The van der Waals surface area contributed by atoms with Crippen LogP contribution in [0, 0.1) is 15.5 Å². The largest absolute Gasteiger partial charge is 0.316 e. The van der Waals surface area contributed by atoms with Crippen molar-refractivity contribution in [3.63, 3.8) is 0 Å². The van der Waals surface area contributed by atoms with E-state index in [-0.39, 0.29) is 10.6 Å². The Hall–Kier alpha value is -1.76. The highest BCUT2D eigenvalue weighted by atomic mass is 32.1. The van der Waals surface area contributed by atoms with Crippen LogP contribution in [0.2, 0.25) is 0 Å². The molecule has 1 spiro atoms. The summed E-state index contributed by atoms with van der Waals surface area (Å²) in [4.78, 5) is 15.5. The summed E-state index contributed by atoms with van der Waals surface area (Å²) in [6, 6.07) is 11.1. The summed E-state index contributed by atoms with van der Waals surface area (Å²) in [5, 5.41) is 14.3. The van der Waals surface area contributed by atoms with Gasteiger partial charge in [-0.05, 0) is 61.2 Å². The van der Waals surface area contributed by atoms with Crippen LogP contribution in [0.4, 0.5) is 5.69 Å². The average molecular weight is 343 g/mol. The molecule has 4 rings (SSSR count). The molecule has 24 heavy (non-hydrogen) atoms. The van der Waals surface area contributed by atoms with Gasteiger partial charge >= 0.3 is 0 Å². The van der Waals surface area contributed by atoms with Crippen molar-refractivity contribution in [2.24, 2.45) is 5.41 Å². The summed E-state index contributed by atoms with van der Waals surface area (Å²) in [7, 11) is 0. The van der Waals surface area contributed by atoms with E-state index in [1.807, 2.05) is 12.1 Å². The van der Waals surface area contributed by atoms with Gasteiger partial charge in [0.15, 0.2) is 0 Å². The fraction of sp³-hybridized carbons (Fsp3) is 0.444. The molecular weight excluding hydrogens is 322 g/mol. The first-order chi connectivity index (χ1) is 11.6. The van der Waals surface area contributed by atoms with E-state index in [0.717, 1.165) is 18.7 Å². The number of nitro groups is 1. The van der Waals surface area contributed by atoms with Crippen molar-refractivity contribution in [2.45, 2.75) is 19.4 Å². The predicted octanol–water partition coefficient (Wildman–Crippen LogP) is 3.51. The summed E-state index contributed by atoms with van der Waals surface area (Å²) in [5.41, 5.74) is 1.70. The first-order valence-electron chi connectivity index (χ1n) is 8.40. The minimum atomic E-state index is -0.356. The quantitative estimate of drug-likeness (QED) is 0.682. The molecule has 3 heterocycles. The number of hydrogen-bond acceptors (Lipinski definition) is 5. The molecule has 0 aliphatic carbocycles. The zero-order chi connectivity index (χ0) is 16.6. The van der Waals surface area contributed by atoms with Crippen LogP contribution in [0.25, 0.3) is 10.4 Å². The van der Waals surface area contributed by atoms with Gasteiger partial charge < -0.3 is 5.32 Å². The van der Waals surface area contributed by atoms with Crippen molar-refractivity contribution in [3.05, 3.63) is 51.4 Å². The van der Waals surface area contributed by atoms with Crippen molar-refractivity contribution in [1.29, 1.82) is 0 Å². The Balaban J connectivity index is 1.42. The number of likely N-dealkylation sites (tertiary alicyclic amines) is 1. The van der Waals surface area contributed by atoms with Gasteiger partial charge in [-0.2, -0.15) is 0 Å². The number of hydrogen-bond donors (Lipinski definition) is 1. The first-order valence-corrected chi connectivity index (χ1v) is 9.22. The third-order valence-corrected chi connectivity index (χ3v) is 6.37. The van der Waals surface area contributed by atoms with Crippen LogP contribution in [0.15, 0.2) is 36.4 Å². The number of nitrogens with zero attached hydrogens (tertiary/aromatic N) is 2. The number of benzene rings is 1. The summed E-state index contributed by atoms with van der Waals surface area (Å²) in [6.45, 7) is 5.73.